The molecule has 1 aromatic heterocycles. The van der Waals surface area contributed by atoms with E-state index in [0.29, 0.717) is 6.54 Å². The van der Waals surface area contributed by atoms with Crippen molar-refractivity contribution < 1.29 is 4.74 Å². The van der Waals surface area contributed by atoms with Gasteiger partial charge in [-0.3, -0.25) is 4.90 Å². The van der Waals surface area contributed by atoms with Crippen LogP contribution in [0.1, 0.15) is 29.2 Å². The highest BCUT2D eigenvalue weighted by Gasteiger charge is 2.12. The Labute approximate surface area is 203 Å². The average Bonchev–Trinajstić information content (AvgIpc) is 3.07. The van der Waals surface area contributed by atoms with Crippen molar-refractivity contribution in [1.82, 2.24) is 29.9 Å². The van der Waals surface area contributed by atoms with E-state index >= 15 is 0 Å². The summed E-state index contributed by atoms with van der Waals surface area (Å²) in [5, 5.41) is 11.9. The summed E-state index contributed by atoms with van der Waals surface area (Å²) in [6.45, 7) is 11.1. The van der Waals surface area contributed by atoms with Crippen molar-refractivity contribution in [2.45, 2.75) is 33.4 Å². The van der Waals surface area contributed by atoms with Crippen molar-refractivity contribution in [1.29, 1.82) is 0 Å². The minimum absolute atomic E-state index is 0. The van der Waals surface area contributed by atoms with Crippen LogP contribution < -0.4 is 5.32 Å². The zero-order valence-corrected chi connectivity index (χ0v) is 21.5. The van der Waals surface area contributed by atoms with Crippen LogP contribution in [-0.2, 0) is 24.9 Å². The summed E-state index contributed by atoms with van der Waals surface area (Å²) in [7, 11) is 4.06. The predicted molar refractivity (Wildman–Crippen MR) is 135 cm³/mol. The zero-order valence-electron chi connectivity index (χ0n) is 19.2. The molecule has 1 fully saturated rings. The first-order chi connectivity index (χ1) is 14.5. The van der Waals surface area contributed by atoms with E-state index in [9.17, 15) is 0 Å². The molecule has 8 nitrogen and oxygen atoms in total. The highest BCUT2D eigenvalue weighted by atomic mass is 127. The van der Waals surface area contributed by atoms with E-state index in [0.717, 1.165) is 70.0 Å². The van der Waals surface area contributed by atoms with Gasteiger partial charge in [-0.25, -0.2) is 4.99 Å². The Morgan fingerprint density at radius 2 is 1.94 bits per heavy atom. The lowest BCUT2D eigenvalue weighted by molar-refractivity contribution is 0.0375. The summed E-state index contributed by atoms with van der Waals surface area (Å²) in [4.78, 5) is 9.49. The Kier molecular flexibility index (Phi) is 10.7. The molecule has 2 heterocycles. The molecule has 1 aliphatic heterocycles. The second kappa shape index (κ2) is 13.0. The van der Waals surface area contributed by atoms with E-state index < -0.39 is 0 Å². The van der Waals surface area contributed by atoms with Crippen molar-refractivity contribution in [3.63, 3.8) is 0 Å². The Balaban J connectivity index is 0.00000341. The summed E-state index contributed by atoms with van der Waals surface area (Å²) in [5.41, 5.74) is 2.59. The number of hydrogen-bond acceptors (Lipinski definition) is 5. The number of aryl methyl sites for hydroxylation is 2. The van der Waals surface area contributed by atoms with Crippen LogP contribution >= 0.6 is 24.0 Å². The van der Waals surface area contributed by atoms with Crippen molar-refractivity contribution in [3.8, 4) is 0 Å². The van der Waals surface area contributed by atoms with Crippen molar-refractivity contribution in [2.75, 3.05) is 46.4 Å². The van der Waals surface area contributed by atoms with Gasteiger partial charge in [0.1, 0.15) is 12.4 Å². The molecule has 0 amide bonds. The second-order valence-electron chi connectivity index (χ2n) is 7.88. The Bertz CT molecular complexity index is 833. The Hall–Kier alpha value is -1.72. The molecular weight excluding hydrogens is 505 g/mol. The monoisotopic (exact) mass is 541 g/mol. The van der Waals surface area contributed by atoms with Gasteiger partial charge in [-0.2, -0.15) is 0 Å². The first-order valence-corrected chi connectivity index (χ1v) is 10.7. The maximum Gasteiger partial charge on any atom is 0.194 e. The van der Waals surface area contributed by atoms with Crippen molar-refractivity contribution in [3.05, 3.63) is 47.0 Å². The van der Waals surface area contributed by atoms with Gasteiger partial charge in [0.05, 0.1) is 13.2 Å². The molecule has 0 aliphatic carbocycles. The van der Waals surface area contributed by atoms with E-state index in [2.05, 4.69) is 63.6 Å². The first kappa shape index (κ1) is 25.5. The minimum Gasteiger partial charge on any atom is -0.379 e. The minimum atomic E-state index is 0. The van der Waals surface area contributed by atoms with E-state index in [-0.39, 0.29) is 24.0 Å². The summed E-state index contributed by atoms with van der Waals surface area (Å²) in [6, 6.07) is 8.49. The predicted octanol–water partition coefficient (Wildman–Crippen LogP) is 2.35. The lowest BCUT2D eigenvalue weighted by Gasteiger charge is -2.27. The first-order valence-electron chi connectivity index (χ1n) is 10.7. The summed E-state index contributed by atoms with van der Waals surface area (Å²) in [5.74, 6) is 2.65. The molecule has 2 aromatic rings. The standard InChI is InChI=1S/C22H35N7O.HI/c1-18-8-5-6-9-20(18)17-27(3)22(24-16-21-26-25-19(2)28(21)4)23-10-7-11-29-12-14-30-15-13-29;/h5-6,8-9H,7,10-17H2,1-4H3,(H,23,24);1H. The number of aromatic nitrogens is 3. The SMILES string of the molecule is Cc1ccccc1CN(C)C(=NCc1nnc(C)n1C)NCCCN1CCOCC1.I. The van der Waals surface area contributed by atoms with Crippen LogP contribution in [0.3, 0.4) is 0 Å². The van der Waals surface area contributed by atoms with Crippen LogP contribution in [-0.4, -0.2) is 77.0 Å². The fraction of sp³-hybridized carbons (Fsp3) is 0.591. The third-order valence-electron chi connectivity index (χ3n) is 5.62. The lowest BCUT2D eigenvalue weighted by atomic mass is 10.1. The number of guanidine groups is 1. The largest absolute Gasteiger partial charge is 0.379 e. The molecule has 1 aromatic carbocycles. The number of ether oxygens (including phenoxy) is 1. The van der Waals surface area contributed by atoms with Gasteiger partial charge in [-0.15, -0.1) is 34.2 Å². The molecule has 1 aliphatic rings. The molecule has 172 valence electrons. The van der Waals surface area contributed by atoms with Gasteiger partial charge < -0.3 is 19.5 Å². The number of nitrogens with zero attached hydrogens (tertiary/aromatic N) is 6. The molecule has 0 saturated carbocycles. The highest BCUT2D eigenvalue weighted by Crippen LogP contribution is 2.10. The molecule has 0 spiro atoms. The van der Waals surface area contributed by atoms with Gasteiger partial charge in [0.25, 0.3) is 0 Å². The van der Waals surface area contributed by atoms with Crippen LogP contribution in [0.4, 0.5) is 0 Å². The number of rotatable bonds is 8. The van der Waals surface area contributed by atoms with Crippen LogP contribution in [0.25, 0.3) is 0 Å². The van der Waals surface area contributed by atoms with Gasteiger partial charge in [0, 0.05) is 40.3 Å². The van der Waals surface area contributed by atoms with Crippen LogP contribution in [0.5, 0.6) is 0 Å². The zero-order chi connectivity index (χ0) is 21.3. The molecule has 9 heteroatoms. The third-order valence-corrected chi connectivity index (χ3v) is 5.62. The second-order valence-corrected chi connectivity index (χ2v) is 7.88. The molecule has 31 heavy (non-hydrogen) atoms. The number of morpholine rings is 1. The summed E-state index contributed by atoms with van der Waals surface area (Å²) in [6.07, 6.45) is 1.07. The fourth-order valence-electron chi connectivity index (χ4n) is 3.49. The molecule has 0 unspecified atom stereocenters. The maximum atomic E-state index is 5.43. The van der Waals surface area contributed by atoms with Crippen molar-refractivity contribution in [2.24, 2.45) is 12.0 Å². The van der Waals surface area contributed by atoms with E-state index in [4.69, 9.17) is 9.73 Å². The number of hydrogen-bond donors (Lipinski definition) is 1. The van der Waals surface area contributed by atoms with Gasteiger partial charge in [-0.05, 0) is 37.9 Å². The van der Waals surface area contributed by atoms with Crippen molar-refractivity contribution >= 4 is 29.9 Å². The molecule has 0 radical (unpaired) electrons. The number of halogens is 1. The van der Waals surface area contributed by atoms with E-state index in [1.165, 1.54) is 11.1 Å². The van der Waals surface area contributed by atoms with E-state index in [1.807, 2.05) is 18.5 Å². The quantitative estimate of drug-likeness (QED) is 0.240. The molecule has 3 rings (SSSR count). The van der Waals surface area contributed by atoms with Gasteiger partial charge >= 0.3 is 0 Å². The van der Waals surface area contributed by atoms with Gasteiger partial charge in [-0.1, -0.05) is 24.3 Å². The fourth-order valence-corrected chi connectivity index (χ4v) is 3.49. The van der Waals surface area contributed by atoms with Gasteiger partial charge in [0.15, 0.2) is 11.8 Å². The normalized spacial score (nSPS) is 14.9. The molecule has 1 N–H and O–H groups in total. The molecular formula is C22H36IN7O. The number of nitrogens with one attached hydrogen (secondary N) is 1. The van der Waals surface area contributed by atoms with Gasteiger partial charge in [0.2, 0.25) is 0 Å². The highest BCUT2D eigenvalue weighted by molar-refractivity contribution is 14.0. The third kappa shape index (κ3) is 7.73. The van der Waals surface area contributed by atoms with Crippen LogP contribution in [0.2, 0.25) is 0 Å². The van der Waals surface area contributed by atoms with Crippen LogP contribution in [0, 0.1) is 13.8 Å². The smallest absolute Gasteiger partial charge is 0.194 e. The van der Waals surface area contributed by atoms with E-state index in [1.54, 1.807) is 0 Å². The van der Waals surface area contributed by atoms with Crippen LogP contribution in [0.15, 0.2) is 29.3 Å². The average molecular weight is 541 g/mol. The summed E-state index contributed by atoms with van der Waals surface area (Å²) >= 11 is 0. The Morgan fingerprint density at radius 1 is 1.19 bits per heavy atom. The number of benzene rings is 1. The Morgan fingerprint density at radius 3 is 2.61 bits per heavy atom. The lowest BCUT2D eigenvalue weighted by Crippen LogP contribution is -2.41. The molecule has 0 bridgehead atoms. The topological polar surface area (TPSA) is 70.8 Å². The summed E-state index contributed by atoms with van der Waals surface area (Å²) < 4.78 is 7.42. The maximum absolute atomic E-state index is 5.43. The molecule has 0 atom stereocenters. The number of aliphatic imine (C=N–C) groups is 1. The molecule has 1 saturated heterocycles.